The molecule has 118 valence electrons. The van der Waals surface area contributed by atoms with E-state index in [-0.39, 0.29) is 5.91 Å². The summed E-state index contributed by atoms with van der Waals surface area (Å²) in [7, 11) is 2.14. The van der Waals surface area contributed by atoms with Gasteiger partial charge in [-0.2, -0.15) is 0 Å². The first-order valence-electron chi connectivity index (χ1n) is 7.38. The van der Waals surface area contributed by atoms with Crippen molar-refractivity contribution in [3.8, 4) is 0 Å². The van der Waals surface area contributed by atoms with E-state index in [1.54, 1.807) is 16.8 Å². The average molecular weight is 336 g/mol. The number of rotatable bonds is 5. The van der Waals surface area contributed by atoms with Gasteiger partial charge in [-0.15, -0.1) is 22.7 Å². The summed E-state index contributed by atoms with van der Waals surface area (Å²) < 4.78 is 0. The molecule has 1 aliphatic heterocycles. The molecule has 1 saturated heterocycles. The number of aryl methyl sites for hydroxylation is 1. The maximum atomic E-state index is 12.3. The third kappa shape index (κ3) is 3.53. The monoisotopic (exact) mass is 336 g/mol. The van der Waals surface area contributed by atoms with E-state index >= 15 is 0 Å². The van der Waals surface area contributed by atoms with E-state index in [1.807, 2.05) is 15.8 Å². The van der Waals surface area contributed by atoms with Crippen LogP contribution in [0.25, 0.3) is 0 Å². The molecule has 1 fully saturated rings. The highest BCUT2D eigenvalue weighted by Crippen LogP contribution is 2.21. The molecule has 2 aromatic rings. The van der Waals surface area contributed by atoms with Crippen molar-refractivity contribution in [3.05, 3.63) is 32.7 Å². The lowest BCUT2D eigenvalue weighted by atomic mass is 10.1. The zero-order chi connectivity index (χ0) is 15.5. The summed E-state index contributed by atoms with van der Waals surface area (Å²) in [5.74, 6) is 0.616. The van der Waals surface area contributed by atoms with Crippen LogP contribution in [-0.2, 0) is 6.54 Å². The molecular weight excluding hydrogens is 316 g/mol. The van der Waals surface area contributed by atoms with Gasteiger partial charge in [-0.25, -0.2) is 9.97 Å². The Morgan fingerprint density at radius 1 is 1.45 bits per heavy atom. The summed E-state index contributed by atoms with van der Waals surface area (Å²) in [5, 5.41) is 1.83. The first kappa shape index (κ1) is 15.6. The second-order valence-electron chi connectivity index (χ2n) is 5.84. The van der Waals surface area contributed by atoms with Crippen molar-refractivity contribution in [3.63, 3.8) is 0 Å². The van der Waals surface area contributed by atoms with Crippen LogP contribution in [0.5, 0.6) is 0 Å². The molecule has 0 saturated carbocycles. The number of carbonyl (C=O) groups excluding carboxylic acids is 1. The van der Waals surface area contributed by atoms with Gasteiger partial charge in [-0.3, -0.25) is 4.79 Å². The van der Waals surface area contributed by atoms with E-state index in [9.17, 15) is 4.79 Å². The highest BCUT2D eigenvalue weighted by atomic mass is 32.1. The molecule has 7 heteroatoms. The second-order valence-corrected chi connectivity index (χ2v) is 7.50. The van der Waals surface area contributed by atoms with Crippen molar-refractivity contribution in [1.29, 1.82) is 0 Å². The summed E-state index contributed by atoms with van der Waals surface area (Å²) in [4.78, 5) is 26.3. The molecule has 0 N–H and O–H groups in total. The van der Waals surface area contributed by atoms with Gasteiger partial charge in [0.25, 0.3) is 5.91 Å². The molecule has 0 aromatic carbocycles. The fourth-order valence-electron chi connectivity index (χ4n) is 2.87. The molecule has 5 nitrogen and oxygen atoms in total. The Morgan fingerprint density at radius 2 is 2.32 bits per heavy atom. The number of thiazole rings is 2. The lowest BCUT2D eigenvalue weighted by Crippen LogP contribution is -2.31. The Hall–Kier alpha value is -1.31. The van der Waals surface area contributed by atoms with Gasteiger partial charge in [0, 0.05) is 36.4 Å². The van der Waals surface area contributed by atoms with Gasteiger partial charge in [0.15, 0.2) is 0 Å². The van der Waals surface area contributed by atoms with Crippen molar-refractivity contribution >= 4 is 28.6 Å². The lowest BCUT2D eigenvalue weighted by molar-refractivity contribution is 0.0779. The van der Waals surface area contributed by atoms with E-state index in [4.69, 9.17) is 0 Å². The summed E-state index contributed by atoms with van der Waals surface area (Å²) in [6.07, 6.45) is 1.07. The van der Waals surface area contributed by atoms with E-state index < -0.39 is 0 Å². The normalized spacial score (nSPS) is 18.3. The first-order valence-corrected chi connectivity index (χ1v) is 9.20. The Morgan fingerprint density at radius 3 is 3.00 bits per heavy atom. The molecule has 2 aromatic heterocycles. The Labute approximate surface area is 138 Å². The van der Waals surface area contributed by atoms with Crippen LogP contribution < -0.4 is 0 Å². The van der Waals surface area contributed by atoms with Crippen LogP contribution in [0, 0.1) is 12.8 Å². The Kier molecular flexibility index (Phi) is 4.85. The maximum absolute atomic E-state index is 12.3. The van der Waals surface area contributed by atoms with Crippen LogP contribution in [0.1, 0.15) is 27.5 Å². The SMILES string of the molecule is Cc1ncsc1CN(C)CC1CCN(C(=O)c2cscn2)C1. The average Bonchev–Trinajstić information content (AvgIpc) is 3.21. The van der Waals surface area contributed by atoms with Gasteiger partial charge in [0.2, 0.25) is 0 Å². The van der Waals surface area contributed by atoms with Crippen molar-refractivity contribution < 1.29 is 4.79 Å². The topological polar surface area (TPSA) is 49.3 Å². The molecule has 0 aliphatic carbocycles. The van der Waals surface area contributed by atoms with Gasteiger partial charge in [-0.05, 0) is 26.3 Å². The highest BCUT2D eigenvalue weighted by Gasteiger charge is 2.28. The molecule has 1 aliphatic rings. The Bertz CT molecular complexity index is 625. The molecular formula is C15H20N4OS2. The van der Waals surface area contributed by atoms with Crippen molar-refractivity contribution in [2.45, 2.75) is 19.9 Å². The van der Waals surface area contributed by atoms with E-state index in [0.29, 0.717) is 11.6 Å². The van der Waals surface area contributed by atoms with E-state index in [2.05, 4.69) is 28.8 Å². The predicted molar refractivity (Wildman–Crippen MR) is 89.3 cm³/mol. The summed E-state index contributed by atoms with van der Waals surface area (Å²) in [6.45, 7) is 5.69. The van der Waals surface area contributed by atoms with Crippen LogP contribution in [-0.4, -0.2) is 52.4 Å². The number of amides is 1. The quantitative estimate of drug-likeness (QED) is 0.842. The molecule has 0 spiro atoms. The van der Waals surface area contributed by atoms with Crippen LogP contribution in [0.2, 0.25) is 0 Å². The molecule has 0 radical (unpaired) electrons. The fraction of sp³-hybridized carbons (Fsp3) is 0.533. The van der Waals surface area contributed by atoms with E-state index in [0.717, 1.165) is 38.3 Å². The van der Waals surface area contributed by atoms with Crippen LogP contribution in [0.15, 0.2) is 16.4 Å². The molecule has 3 rings (SSSR count). The molecule has 0 bridgehead atoms. The largest absolute Gasteiger partial charge is 0.337 e. The molecule has 1 amide bonds. The van der Waals surface area contributed by atoms with Crippen molar-refractivity contribution in [2.24, 2.45) is 5.92 Å². The first-order chi connectivity index (χ1) is 10.6. The standard InChI is InChI=1S/C15H20N4OS2/c1-11-14(22-10-16-11)7-18(2)5-12-3-4-19(6-12)15(20)13-8-21-9-17-13/h8-10,12H,3-7H2,1-2H3. The minimum Gasteiger partial charge on any atom is -0.337 e. The van der Waals surface area contributed by atoms with Gasteiger partial charge >= 0.3 is 0 Å². The van der Waals surface area contributed by atoms with Crippen molar-refractivity contribution in [2.75, 3.05) is 26.7 Å². The molecule has 1 atom stereocenters. The third-order valence-corrected chi connectivity index (χ3v) is 5.56. The number of nitrogens with zero attached hydrogens (tertiary/aromatic N) is 4. The summed E-state index contributed by atoms with van der Waals surface area (Å²) >= 11 is 3.19. The number of carbonyl (C=O) groups is 1. The number of hydrogen-bond acceptors (Lipinski definition) is 6. The predicted octanol–water partition coefficient (Wildman–Crippen LogP) is 2.50. The zero-order valence-corrected chi connectivity index (χ0v) is 14.5. The van der Waals surface area contributed by atoms with Gasteiger partial charge in [0.1, 0.15) is 5.69 Å². The summed E-state index contributed by atoms with van der Waals surface area (Å²) in [5.41, 5.74) is 5.33. The smallest absolute Gasteiger partial charge is 0.273 e. The minimum atomic E-state index is 0.0738. The third-order valence-electron chi connectivity index (χ3n) is 4.05. The highest BCUT2D eigenvalue weighted by molar-refractivity contribution is 7.09. The molecule has 1 unspecified atom stereocenters. The maximum Gasteiger partial charge on any atom is 0.273 e. The second kappa shape index (κ2) is 6.85. The van der Waals surface area contributed by atoms with Crippen LogP contribution in [0.3, 0.4) is 0 Å². The number of hydrogen-bond donors (Lipinski definition) is 0. The minimum absolute atomic E-state index is 0.0738. The number of aromatic nitrogens is 2. The molecule has 22 heavy (non-hydrogen) atoms. The fourth-order valence-corrected chi connectivity index (χ4v) is 4.26. The van der Waals surface area contributed by atoms with Gasteiger partial charge in [-0.1, -0.05) is 0 Å². The molecule has 3 heterocycles. The number of likely N-dealkylation sites (tertiary alicyclic amines) is 1. The van der Waals surface area contributed by atoms with Crippen molar-refractivity contribution in [1.82, 2.24) is 19.8 Å². The van der Waals surface area contributed by atoms with Gasteiger partial charge < -0.3 is 9.80 Å². The van der Waals surface area contributed by atoms with Crippen LogP contribution >= 0.6 is 22.7 Å². The Balaban J connectivity index is 1.50. The zero-order valence-electron chi connectivity index (χ0n) is 12.9. The van der Waals surface area contributed by atoms with Crippen LogP contribution in [0.4, 0.5) is 0 Å². The summed E-state index contributed by atoms with van der Waals surface area (Å²) in [6, 6.07) is 0. The van der Waals surface area contributed by atoms with Gasteiger partial charge in [0.05, 0.1) is 16.7 Å². The van der Waals surface area contributed by atoms with E-state index in [1.165, 1.54) is 16.2 Å². The lowest BCUT2D eigenvalue weighted by Gasteiger charge is -2.21.